The van der Waals surface area contributed by atoms with E-state index in [0.717, 1.165) is 54.4 Å². The first-order valence-electron chi connectivity index (χ1n) is 15.1. The number of hydrogen-bond donors (Lipinski definition) is 2. The fraction of sp³-hybridized carbons (Fsp3) is 0.963. The van der Waals surface area contributed by atoms with E-state index < -0.39 is 49.3 Å². The lowest BCUT2D eigenvalue weighted by Crippen LogP contribution is -2.69. The topological polar surface area (TPSA) is 86.2 Å². The van der Waals surface area contributed by atoms with Gasteiger partial charge in [-0.15, -0.1) is 0 Å². The lowest BCUT2D eigenvalue weighted by Gasteiger charge is -2.51. The maximum atomic E-state index is 12.5. The van der Waals surface area contributed by atoms with Crippen molar-refractivity contribution in [3.05, 3.63) is 0 Å². The van der Waals surface area contributed by atoms with Gasteiger partial charge in [0.05, 0.1) is 25.4 Å². The molecule has 1 aliphatic heterocycles. The Hall–Kier alpha value is -0.0794. The highest BCUT2D eigenvalue weighted by atomic mass is 28.4. The van der Waals surface area contributed by atoms with Crippen LogP contribution in [0.4, 0.5) is 0 Å². The lowest BCUT2D eigenvalue weighted by molar-refractivity contribution is -0.193. The van der Waals surface area contributed by atoms with Gasteiger partial charge in [0, 0.05) is 6.92 Å². The minimum atomic E-state index is -2.08. The minimum Gasteiger partial charge on any atom is -0.414 e. The second-order valence-corrected chi connectivity index (χ2v) is 25.1. The molecule has 0 aromatic rings. The summed E-state index contributed by atoms with van der Waals surface area (Å²) >= 11 is 0. The monoisotopic (exact) mass is 577 g/mol. The van der Waals surface area contributed by atoms with Gasteiger partial charge in [0.1, 0.15) is 18.3 Å². The van der Waals surface area contributed by atoms with Crippen molar-refractivity contribution in [2.45, 2.75) is 154 Å². The average Bonchev–Trinajstić information content (AvgIpc) is 2.93. The van der Waals surface area contributed by atoms with Gasteiger partial charge in [-0.05, 0) is 54.4 Å². The van der Waals surface area contributed by atoms with E-state index in [4.69, 9.17) is 18.0 Å². The molecule has 0 aromatic carbocycles. The maximum Gasteiger partial charge on any atom is 0.217 e. The van der Waals surface area contributed by atoms with E-state index in [2.05, 4.69) is 67.6 Å². The number of amides is 1. The van der Waals surface area contributed by atoms with Crippen LogP contribution in [0.25, 0.3) is 0 Å². The molecule has 1 saturated heterocycles. The first-order chi connectivity index (χ1) is 17.6. The molecule has 1 heterocycles. The van der Waals surface area contributed by atoms with Crippen molar-refractivity contribution < 1.29 is 27.9 Å². The molecule has 0 radical (unpaired) electrons. The van der Waals surface area contributed by atoms with E-state index in [0.29, 0.717) is 6.61 Å². The van der Waals surface area contributed by atoms with Crippen molar-refractivity contribution in [2.24, 2.45) is 0 Å². The Bertz CT molecular complexity index is 633. The molecule has 0 bridgehead atoms. The van der Waals surface area contributed by atoms with Gasteiger partial charge in [0.15, 0.2) is 25.0 Å². The SMILES string of the molecule is CC[Si](CC)(CC)OC[C@@H]1O[C@H](CO)[C@@H](O[Si](CC)(CC)CC)[C@H](O[Si](CC)(CC)CC)[C@H]1NC(C)=O. The second kappa shape index (κ2) is 16.2. The van der Waals surface area contributed by atoms with E-state index in [-0.39, 0.29) is 18.6 Å². The van der Waals surface area contributed by atoms with Gasteiger partial charge in [-0.2, -0.15) is 0 Å². The fourth-order valence-corrected chi connectivity index (χ4v) is 14.2. The zero-order valence-electron chi connectivity index (χ0n) is 25.7. The van der Waals surface area contributed by atoms with Gasteiger partial charge < -0.3 is 28.4 Å². The number of nitrogens with one attached hydrogen (secondary N) is 1. The largest absolute Gasteiger partial charge is 0.414 e. The summed E-state index contributed by atoms with van der Waals surface area (Å²) < 4.78 is 27.5. The number of aliphatic hydroxyl groups is 1. The molecule has 1 aliphatic rings. The van der Waals surface area contributed by atoms with E-state index >= 15 is 0 Å². The van der Waals surface area contributed by atoms with Crippen LogP contribution in [-0.2, 0) is 22.8 Å². The summed E-state index contributed by atoms with van der Waals surface area (Å²) in [6.07, 6.45) is -1.72. The average molecular weight is 578 g/mol. The Morgan fingerprint density at radius 1 is 0.703 bits per heavy atom. The van der Waals surface area contributed by atoms with Crippen molar-refractivity contribution in [2.75, 3.05) is 13.2 Å². The molecular formula is C27H59NO6Si3. The van der Waals surface area contributed by atoms with Crippen LogP contribution in [0, 0.1) is 0 Å². The summed E-state index contributed by atoms with van der Waals surface area (Å²) in [5.74, 6) is -0.111. The third-order valence-electron chi connectivity index (χ3n) is 9.47. The van der Waals surface area contributed by atoms with Crippen LogP contribution in [0.5, 0.6) is 0 Å². The Kier molecular flexibility index (Phi) is 15.3. The number of aliphatic hydroxyl groups excluding tert-OH is 1. The minimum absolute atomic E-state index is 0.111. The van der Waals surface area contributed by atoms with Crippen molar-refractivity contribution in [3.8, 4) is 0 Å². The molecule has 7 nitrogen and oxygen atoms in total. The Labute approximate surface area is 231 Å². The molecular weight excluding hydrogens is 519 g/mol. The predicted molar refractivity (Wildman–Crippen MR) is 161 cm³/mol. The smallest absolute Gasteiger partial charge is 0.217 e. The van der Waals surface area contributed by atoms with Gasteiger partial charge in [-0.1, -0.05) is 62.3 Å². The number of ether oxygens (including phenoxy) is 1. The van der Waals surface area contributed by atoms with Crippen molar-refractivity contribution in [3.63, 3.8) is 0 Å². The quantitative estimate of drug-likeness (QED) is 0.193. The molecule has 0 spiro atoms. The molecule has 0 aliphatic carbocycles. The fourth-order valence-electron chi connectivity index (χ4n) is 5.89. The molecule has 5 atom stereocenters. The Morgan fingerprint density at radius 2 is 1.11 bits per heavy atom. The number of hydrogen-bond acceptors (Lipinski definition) is 6. The van der Waals surface area contributed by atoms with Crippen LogP contribution < -0.4 is 5.32 Å². The van der Waals surface area contributed by atoms with Gasteiger partial charge in [-0.3, -0.25) is 4.79 Å². The number of carbonyl (C=O) groups is 1. The highest BCUT2D eigenvalue weighted by molar-refractivity contribution is 6.74. The molecule has 0 saturated carbocycles. The van der Waals surface area contributed by atoms with Crippen molar-refractivity contribution >= 4 is 30.9 Å². The number of rotatable bonds is 18. The van der Waals surface area contributed by atoms with Crippen LogP contribution in [0.1, 0.15) is 69.2 Å². The molecule has 37 heavy (non-hydrogen) atoms. The van der Waals surface area contributed by atoms with E-state index in [1.54, 1.807) is 6.92 Å². The molecule has 220 valence electrons. The van der Waals surface area contributed by atoms with E-state index in [9.17, 15) is 9.90 Å². The summed E-state index contributed by atoms with van der Waals surface area (Å²) in [5.41, 5.74) is 0. The highest BCUT2D eigenvalue weighted by Crippen LogP contribution is 2.36. The van der Waals surface area contributed by atoms with Crippen molar-refractivity contribution in [1.29, 1.82) is 0 Å². The van der Waals surface area contributed by atoms with Gasteiger partial charge in [-0.25, -0.2) is 0 Å². The Morgan fingerprint density at radius 3 is 1.46 bits per heavy atom. The molecule has 0 aromatic heterocycles. The molecule has 1 amide bonds. The van der Waals surface area contributed by atoms with E-state index in [1.165, 1.54) is 0 Å². The summed E-state index contributed by atoms with van der Waals surface area (Å²) in [4.78, 5) is 12.5. The first kappa shape index (κ1) is 34.9. The van der Waals surface area contributed by atoms with Gasteiger partial charge in [0.25, 0.3) is 0 Å². The summed E-state index contributed by atoms with van der Waals surface area (Å²) in [7, 11) is -6.02. The third kappa shape index (κ3) is 8.70. The van der Waals surface area contributed by atoms with E-state index in [1.807, 2.05) is 0 Å². The first-order valence-corrected chi connectivity index (χ1v) is 22.7. The summed E-state index contributed by atoms with van der Waals surface area (Å²) in [5, 5.41) is 13.8. The van der Waals surface area contributed by atoms with Crippen LogP contribution in [-0.4, -0.2) is 79.6 Å². The highest BCUT2D eigenvalue weighted by Gasteiger charge is 2.52. The van der Waals surface area contributed by atoms with Gasteiger partial charge in [0.2, 0.25) is 5.91 Å². The Balaban J connectivity index is 3.60. The predicted octanol–water partition coefficient (Wildman–Crippen LogP) is 6.05. The zero-order valence-corrected chi connectivity index (χ0v) is 28.7. The number of carbonyl (C=O) groups excluding carboxylic acids is 1. The zero-order chi connectivity index (χ0) is 28.3. The molecule has 1 fully saturated rings. The normalized spacial score (nSPS) is 25.3. The van der Waals surface area contributed by atoms with Crippen LogP contribution in [0.3, 0.4) is 0 Å². The molecule has 1 rings (SSSR count). The van der Waals surface area contributed by atoms with Crippen LogP contribution in [0.15, 0.2) is 0 Å². The van der Waals surface area contributed by atoms with Gasteiger partial charge >= 0.3 is 0 Å². The summed E-state index contributed by atoms with van der Waals surface area (Å²) in [6, 6.07) is 8.71. The summed E-state index contributed by atoms with van der Waals surface area (Å²) in [6.45, 7) is 21.7. The maximum absolute atomic E-state index is 12.5. The van der Waals surface area contributed by atoms with Crippen molar-refractivity contribution in [1.82, 2.24) is 5.32 Å². The second-order valence-electron chi connectivity index (χ2n) is 10.8. The lowest BCUT2D eigenvalue weighted by atomic mass is 9.93. The van der Waals surface area contributed by atoms with Crippen LogP contribution >= 0.6 is 0 Å². The molecule has 0 unspecified atom stereocenters. The standard InChI is InChI=1S/C27H59NO6Si3/c1-11-35(12-2,13-3)31-21-24-25(28-22(10)30)27(34-37(17-7,18-8)19-9)26(23(20-29)32-24)33-36(14-4,15-5)16-6/h23-27,29H,11-21H2,1-10H3,(H,28,30)/t23-,24+,25+,26-,27-/m1/s1. The molecule has 2 N–H and O–H groups in total. The third-order valence-corrected chi connectivity index (χ3v) is 23.4. The van der Waals surface area contributed by atoms with Crippen LogP contribution in [0.2, 0.25) is 54.4 Å². The molecule has 10 heteroatoms.